The van der Waals surface area contributed by atoms with Crippen molar-refractivity contribution in [2.45, 2.75) is 40.2 Å². The van der Waals surface area contributed by atoms with Crippen molar-refractivity contribution in [3.8, 4) is 17.2 Å². The Morgan fingerprint density at radius 3 is 2.52 bits per heavy atom. The van der Waals surface area contributed by atoms with E-state index in [1.807, 2.05) is 63.2 Å². The van der Waals surface area contributed by atoms with Gasteiger partial charge in [0, 0.05) is 6.54 Å². The number of aliphatic imine (C=N–C) groups is 1. The van der Waals surface area contributed by atoms with Gasteiger partial charge >= 0.3 is 0 Å². The van der Waals surface area contributed by atoms with Crippen LogP contribution < -0.4 is 14.2 Å². The molecular weight excluding hydrogens is 504 g/mol. The number of amides is 1. The predicted molar refractivity (Wildman–Crippen MR) is 139 cm³/mol. The monoisotopic (exact) mass is 532 g/mol. The lowest BCUT2D eigenvalue weighted by Gasteiger charge is -2.18. The van der Waals surface area contributed by atoms with Gasteiger partial charge in [-0.15, -0.1) is 0 Å². The number of likely N-dealkylation sites (N-methyl/N-ethyl adjacent to an activating group) is 1. The van der Waals surface area contributed by atoms with Crippen LogP contribution in [0.15, 0.2) is 50.8 Å². The number of amidine groups is 1. The van der Waals surface area contributed by atoms with Crippen LogP contribution in [0, 0.1) is 0 Å². The summed E-state index contributed by atoms with van der Waals surface area (Å²) >= 11 is 4.98. The minimum atomic E-state index is -0.0659. The molecule has 33 heavy (non-hydrogen) atoms. The minimum Gasteiger partial charge on any atom is -0.497 e. The number of ether oxygens (including phenoxy) is 3. The molecule has 1 aliphatic rings. The average molecular weight is 533 g/mol. The minimum absolute atomic E-state index is 0.0616. The molecule has 1 atom stereocenters. The van der Waals surface area contributed by atoms with Crippen molar-refractivity contribution in [1.29, 1.82) is 0 Å². The Morgan fingerprint density at radius 2 is 1.91 bits per heavy atom. The molecule has 1 aliphatic heterocycles. The molecule has 1 saturated heterocycles. The number of benzene rings is 2. The first-order valence-corrected chi connectivity index (χ1v) is 12.6. The Kier molecular flexibility index (Phi) is 8.86. The number of methoxy groups -OCH3 is 1. The number of hydrogen-bond acceptors (Lipinski definition) is 6. The highest BCUT2D eigenvalue weighted by molar-refractivity contribution is 9.10. The van der Waals surface area contributed by atoms with E-state index in [1.54, 1.807) is 12.0 Å². The number of carbonyl (C=O) groups excluding carboxylic acids is 1. The summed E-state index contributed by atoms with van der Waals surface area (Å²) in [6.07, 6.45) is 2.82. The zero-order chi connectivity index (χ0) is 24.0. The lowest BCUT2D eigenvalue weighted by molar-refractivity contribution is -0.122. The van der Waals surface area contributed by atoms with Crippen LogP contribution in [-0.4, -0.2) is 42.3 Å². The number of halogens is 1. The van der Waals surface area contributed by atoms with E-state index in [4.69, 9.17) is 14.2 Å². The number of carbonyl (C=O) groups is 1. The van der Waals surface area contributed by atoms with Gasteiger partial charge in [-0.05, 0) is 103 Å². The van der Waals surface area contributed by atoms with E-state index >= 15 is 0 Å². The summed E-state index contributed by atoms with van der Waals surface area (Å²) < 4.78 is 17.9. The number of nitrogens with zero attached hydrogens (tertiary/aromatic N) is 2. The van der Waals surface area contributed by atoms with Crippen molar-refractivity contribution in [1.82, 2.24) is 4.90 Å². The maximum Gasteiger partial charge on any atom is 0.266 e. The summed E-state index contributed by atoms with van der Waals surface area (Å²) in [6.45, 7) is 9.02. The predicted octanol–water partition coefficient (Wildman–Crippen LogP) is 6.66. The van der Waals surface area contributed by atoms with Gasteiger partial charge in [-0.25, -0.2) is 4.99 Å². The molecule has 176 valence electrons. The number of hydrogen-bond donors (Lipinski definition) is 0. The molecule has 0 spiro atoms. The van der Waals surface area contributed by atoms with Crippen LogP contribution >= 0.6 is 27.7 Å². The molecule has 0 aliphatic carbocycles. The molecule has 2 aromatic carbocycles. The topological polar surface area (TPSA) is 60.4 Å². The van der Waals surface area contributed by atoms with Gasteiger partial charge in [-0.1, -0.05) is 6.92 Å². The zero-order valence-electron chi connectivity index (χ0n) is 19.6. The van der Waals surface area contributed by atoms with E-state index in [0.29, 0.717) is 34.7 Å². The maximum atomic E-state index is 13.1. The van der Waals surface area contributed by atoms with Crippen molar-refractivity contribution < 1.29 is 19.0 Å². The van der Waals surface area contributed by atoms with Crippen LogP contribution in [-0.2, 0) is 4.79 Å². The van der Waals surface area contributed by atoms with Crippen molar-refractivity contribution >= 4 is 50.5 Å². The van der Waals surface area contributed by atoms with E-state index < -0.39 is 0 Å². The molecule has 0 saturated carbocycles. The Balaban J connectivity index is 1.93. The van der Waals surface area contributed by atoms with Crippen molar-refractivity contribution in [3.05, 3.63) is 51.3 Å². The van der Waals surface area contributed by atoms with Crippen LogP contribution in [0.25, 0.3) is 6.08 Å². The first-order chi connectivity index (χ1) is 15.9. The Morgan fingerprint density at radius 1 is 1.18 bits per heavy atom. The van der Waals surface area contributed by atoms with Gasteiger partial charge in [0.25, 0.3) is 5.91 Å². The van der Waals surface area contributed by atoms with Crippen LogP contribution in [0.4, 0.5) is 5.69 Å². The lowest BCUT2D eigenvalue weighted by Crippen LogP contribution is -2.28. The highest BCUT2D eigenvalue weighted by Gasteiger charge is 2.32. The van der Waals surface area contributed by atoms with Gasteiger partial charge < -0.3 is 14.2 Å². The van der Waals surface area contributed by atoms with Gasteiger partial charge in [-0.2, -0.15) is 0 Å². The summed E-state index contributed by atoms with van der Waals surface area (Å²) in [6, 6.07) is 11.3. The highest BCUT2D eigenvalue weighted by Crippen LogP contribution is 2.40. The SMILES string of the molecule is CCOc1cc(/C=C2/SC(=Nc3ccc(OC)cc3)N(CC)C2=O)cc(Br)c1O[C@@H](C)CC. The average Bonchev–Trinajstić information content (AvgIpc) is 3.10. The molecule has 0 N–H and O–H groups in total. The fourth-order valence-electron chi connectivity index (χ4n) is 3.12. The first kappa shape index (κ1) is 25.2. The summed E-state index contributed by atoms with van der Waals surface area (Å²) in [7, 11) is 1.63. The molecule has 6 nitrogen and oxygen atoms in total. The fourth-order valence-corrected chi connectivity index (χ4v) is 4.74. The third-order valence-corrected chi connectivity index (χ3v) is 6.62. The van der Waals surface area contributed by atoms with Crippen LogP contribution in [0.5, 0.6) is 17.2 Å². The second kappa shape index (κ2) is 11.6. The molecule has 1 fully saturated rings. The summed E-state index contributed by atoms with van der Waals surface area (Å²) in [5, 5.41) is 0.653. The van der Waals surface area contributed by atoms with E-state index in [2.05, 4.69) is 27.8 Å². The Labute approximate surface area is 208 Å². The van der Waals surface area contributed by atoms with Gasteiger partial charge in [0.2, 0.25) is 0 Å². The molecule has 0 aromatic heterocycles. The highest BCUT2D eigenvalue weighted by atomic mass is 79.9. The smallest absolute Gasteiger partial charge is 0.266 e. The number of thioether (sulfide) groups is 1. The Bertz CT molecular complexity index is 1050. The van der Waals surface area contributed by atoms with Crippen LogP contribution in [0.2, 0.25) is 0 Å². The lowest BCUT2D eigenvalue weighted by atomic mass is 10.1. The van der Waals surface area contributed by atoms with Crippen LogP contribution in [0.1, 0.15) is 39.7 Å². The molecule has 2 aromatic rings. The molecule has 3 rings (SSSR count). The van der Waals surface area contributed by atoms with Gasteiger partial charge in [0.15, 0.2) is 16.7 Å². The van der Waals surface area contributed by atoms with Gasteiger partial charge in [0.05, 0.1) is 34.9 Å². The molecule has 0 bridgehead atoms. The number of rotatable bonds is 9. The van der Waals surface area contributed by atoms with Gasteiger partial charge in [0.1, 0.15) is 5.75 Å². The molecule has 8 heteroatoms. The molecular formula is C25H29BrN2O4S. The van der Waals surface area contributed by atoms with Crippen molar-refractivity contribution in [2.75, 3.05) is 20.3 Å². The quantitative estimate of drug-likeness (QED) is 0.338. The largest absolute Gasteiger partial charge is 0.497 e. The molecule has 0 unspecified atom stereocenters. The summed E-state index contributed by atoms with van der Waals surface area (Å²) in [5.74, 6) is 2.02. The Hall–Kier alpha value is -2.45. The summed E-state index contributed by atoms with van der Waals surface area (Å²) in [5.41, 5.74) is 1.61. The van der Waals surface area contributed by atoms with Crippen LogP contribution in [0.3, 0.4) is 0 Å². The fraction of sp³-hybridized carbons (Fsp3) is 0.360. The van der Waals surface area contributed by atoms with E-state index in [1.165, 1.54) is 11.8 Å². The normalized spacial score (nSPS) is 17.0. The summed E-state index contributed by atoms with van der Waals surface area (Å²) in [4.78, 5) is 20.0. The van der Waals surface area contributed by atoms with Crippen molar-refractivity contribution in [3.63, 3.8) is 0 Å². The van der Waals surface area contributed by atoms with Crippen molar-refractivity contribution in [2.24, 2.45) is 4.99 Å². The van der Waals surface area contributed by atoms with E-state index in [9.17, 15) is 4.79 Å². The molecule has 1 heterocycles. The zero-order valence-corrected chi connectivity index (χ0v) is 22.0. The maximum absolute atomic E-state index is 13.1. The second-order valence-corrected chi connectivity index (χ2v) is 9.22. The third kappa shape index (κ3) is 6.12. The van der Waals surface area contributed by atoms with Gasteiger partial charge in [-0.3, -0.25) is 9.69 Å². The second-order valence-electron chi connectivity index (χ2n) is 7.35. The van der Waals surface area contributed by atoms with E-state index in [0.717, 1.165) is 27.9 Å². The standard InChI is InChI=1S/C25H29BrN2O4S/c1-6-16(4)32-23-20(26)13-17(14-21(23)31-8-3)15-22-24(29)28(7-2)25(33-22)27-18-9-11-19(30-5)12-10-18/h9-16H,6-8H2,1-5H3/b22-15+,27-25?/t16-/m0/s1. The molecule has 1 amide bonds. The first-order valence-electron chi connectivity index (χ1n) is 11.0. The third-order valence-electron chi connectivity index (χ3n) is 5.02. The molecule has 0 radical (unpaired) electrons. The van der Waals surface area contributed by atoms with E-state index in [-0.39, 0.29) is 12.0 Å².